The first-order valence-corrected chi connectivity index (χ1v) is 11.2. The molecule has 9 heteroatoms. The van der Waals surface area contributed by atoms with Crippen LogP contribution >= 0.6 is 22.7 Å². The highest BCUT2D eigenvalue weighted by molar-refractivity contribution is 7.09. The Balaban J connectivity index is 1.43. The van der Waals surface area contributed by atoms with Gasteiger partial charge in [0.25, 0.3) is 5.91 Å². The number of hydrogen-bond acceptors (Lipinski definition) is 6. The van der Waals surface area contributed by atoms with Crippen LogP contribution in [0.2, 0.25) is 0 Å². The molecular weight excluding hydrogens is 396 g/mol. The quantitative estimate of drug-likeness (QED) is 0.706. The minimum Gasteiger partial charge on any atom is -0.345 e. The number of aromatic nitrogens is 1. The van der Waals surface area contributed by atoms with Gasteiger partial charge >= 0.3 is 6.03 Å². The third kappa shape index (κ3) is 3.81. The summed E-state index contributed by atoms with van der Waals surface area (Å²) >= 11 is 3.08. The number of carbonyl (C=O) groups is 3. The van der Waals surface area contributed by atoms with E-state index < -0.39 is 11.6 Å². The Morgan fingerprint density at radius 1 is 1.29 bits per heavy atom. The summed E-state index contributed by atoms with van der Waals surface area (Å²) in [5.41, 5.74) is 0.308. The largest absolute Gasteiger partial charge is 0.345 e. The molecule has 1 aliphatic carbocycles. The normalized spacial score (nSPS) is 19.6. The Hall–Kier alpha value is -2.26. The van der Waals surface area contributed by atoms with E-state index in [0.29, 0.717) is 19.3 Å². The highest BCUT2D eigenvalue weighted by Crippen LogP contribution is 2.33. The van der Waals surface area contributed by atoms with E-state index >= 15 is 0 Å². The molecule has 1 atom stereocenters. The second kappa shape index (κ2) is 8.00. The lowest BCUT2D eigenvalue weighted by Gasteiger charge is -2.30. The molecule has 1 spiro atoms. The zero-order valence-electron chi connectivity index (χ0n) is 15.3. The summed E-state index contributed by atoms with van der Waals surface area (Å²) in [7, 11) is 0. The van der Waals surface area contributed by atoms with Crippen LogP contribution in [0.3, 0.4) is 0 Å². The molecule has 1 saturated heterocycles. The van der Waals surface area contributed by atoms with Crippen LogP contribution < -0.4 is 10.6 Å². The Kier molecular flexibility index (Phi) is 5.45. The van der Waals surface area contributed by atoms with Gasteiger partial charge in [-0.05, 0) is 35.2 Å². The van der Waals surface area contributed by atoms with E-state index in [1.807, 2.05) is 22.2 Å². The fraction of sp³-hybridized carbons (Fsp3) is 0.474. The number of imide groups is 1. The summed E-state index contributed by atoms with van der Waals surface area (Å²) in [4.78, 5) is 43.3. The third-order valence-electron chi connectivity index (χ3n) is 5.36. The molecule has 0 bridgehead atoms. The average molecular weight is 419 g/mol. The molecule has 3 heterocycles. The Bertz CT molecular complexity index is 845. The summed E-state index contributed by atoms with van der Waals surface area (Å²) in [5.74, 6) is -0.622. The van der Waals surface area contributed by atoms with Crippen molar-refractivity contribution in [1.29, 1.82) is 0 Å². The van der Waals surface area contributed by atoms with Crippen molar-refractivity contribution in [2.45, 2.75) is 50.1 Å². The number of thiophene rings is 1. The summed E-state index contributed by atoms with van der Waals surface area (Å²) < 4.78 is 0. The van der Waals surface area contributed by atoms with E-state index in [-0.39, 0.29) is 24.4 Å². The molecule has 1 aliphatic heterocycles. The fourth-order valence-electron chi connectivity index (χ4n) is 3.95. The Morgan fingerprint density at radius 2 is 2.11 bits per heavy atom. The topological polar surface area (TPSA) is 91.4 Å². The number of urea groups is 1. The SMILES string of the molecule is O=C(CN1C(=O)NC2(CCCCC2)C1=O)NC(Cc1ccsc1)c1nccs1. The predicted octanol–water partition coefficient (Wildman–Crippen LogP) is 2.86. The molecule has 0 radical (unpaired) electrons. The zero-order chi connectivity index (χ0) is 19.6. The Morgan fingerprint density at radius 3 is 2.79 bits per heavy atom. The van der Waals surface area contributed by atoms with Gasteiger partial charge in [0, 0.05) is 18.0 Å². The monoisotopic (exact) mass is 418 g/mol. The lowest BCUT2D eigenvalue weighted by atomic mass is 9.82. The molecule has 2 aromatic heterocycles. The van der Waals surface area contributed by atoms with E-state index in [0.717, 1.165) is 34.7 Å². The summed E-state index contributed by atoms with van der Waals surface area (Å²) in [5, 5.41) is 12.5. The highest BCUT2D eigenvalue weighted by atomic mass is 32.1. The van der Waals surface area contributed by atoms with Crippen molar-refractivity contribution >= 4 is 40.5 Å². The van der Waals surface area contributed by atoms with E-state index in [4.69, 9.17) is 0 Å². The van der Waals surface area contributed by atoms with Gasteiger partial charge in [-0.25, -0.2) is 9.78 Å². The van der Waals surface area contributed by atoms with Gasteiger partial charge in [0.05, 0.1) is 6.04 Å². The maximum absolute atomic E-state index is 12.9. The third-order valence-corrected chi connectivity index (χ3v) is 6.98. The molecule has 1 unspecified atom stereocenters. The van der Waals surface area contributed by atoms with Gasteiger partial charge in [-0.3, -0.25) is 14.5 Å². The average Bonchev–Trinajstić information content (AvgIpc) is 3.42. The molecule has 0 aromatic carbocycles. The van der Waals surface area contributed by atoms with E-state index in [2.05, 4.69) is 15.6 Å². The molecule has 148 valence electrons. The van der Waals surface area contributed by atoms with Crippen molar-refractivity contribution < 1.29 is 14.4 Å². The molecular formula is C19H22N4O3S2. The molecule has 2 aliphatic rings. The van der Waals surface area contributed by atoms with Crippen molar-refractivity contribution in [2.75, 3.05) is 6.54 Å². The summed E-state index contributed by atoms with van der Waals surface area (Å²) in [6.07, 6.45) is 6.52. The van der Waals surface area contributed by atoms with Crippen molar-refractivity contribution in [3.8, 4) is 0 Å². The number of hydrogen-bond donors (Lipinski definition) is 2. The van der Waals surface area contributed by atoms with E-state index in [1.165, 1.54) is 11.3 Å². The van der Waals surface area contributed by atoms with Crippen molar-refractivity contribution in [2.24, 2.45) is 0 Å². The zero-order valence-corrected chi connectivity index (χ0v) is 17.0. The molecule has 2 aromatic rings. The maximum atomic E-state index is 12.9. The molecule has 4 amide bonds. The van der Waals surface area contributed by atoms with Gasteiger partial charge in [0.2, 0.25) is 5.91 Å². The molecule has 2 fully saturated rings. The fourth-order valence-corrected chi connectivity index (χ4v) is 5.32. The number of rotatable bonds is 6. The van der Waals surface area contributed by atoms with Crippen LogP contribution in [0, 0.1) is 0 Å². The predicted molar refractivity (Wildman–Crippen MR) is 107 cm³/mol. The van der Waals surface area contributed by atoms with Crippen molar-refractivity contribution in [1.82, 2.24) is 20.5 Å². The van der Waals surface area contributed by atoms with Crippen LogP contribution in [-0.2, 0) is 16.0 Å². The second-order valence-electron chi connectivity index (χ2n) is 7.29. The number of carbonyl (C=O) groups excluding carboxylic acids is 3. The van der Waals surface area contributed by atoms with Crippen LogP contribution in [0.15, 0.2) is 28.4 Å². The van der Waals surface area contributed by atoms with Crippen LogP contribution in [0.5, 0.6) is 0 Å². The van der Waals surface area contributed by atoms with Crippen LogP contribution in [0.25, 0.3) is 0 Å². The minimum absolute atomic E-state index is 0.266. The molecule has 28 heavy (non-hydrogen) atoms. The van der Waals surface area contributed by atoms with Crippen LogP contribution in [0.4, 0.5) is 4.79 Å². The number of nitrogens with one attached hydrogen (secondary N) is 2. The second-order valence-corrected chi connectivity index (χ2v) is 9.00. The van der Waals surface area contributed by atoms with Gasteiger partial charge < -0.3 is 10.6 Å². The van der Waals surface area contributed by atoms with Crippen LogP contribution in [-0.4, -0.2) is 39.8 Å². The standard InChI is InChI=1S/C19H22N4O3S2/c24-15(11-23-17(25)19(22-18(23)26)5-2-1-3-6-19)21-14(16-20-7-9-28-16)10-13-4-8-27-12-13/h4,7-9,12,14H,1-3,5-6,10-11H2,(H,21,24)(H,22,26). The van der Waals surface area contributed by atoms with Gasteiger partial charge in [-0.2, -0.15) is 11.3 Å². The van der Waals surface area contributed by atoms with Crippen LogP contribution in [0.1, 0.15) is 48.7 Å². The number of nitrogens with zero attached hydrogens (tertiary/aromatic N) is 2. The maximum Gasteiger partial charge on any atom is 0.325 e. The smallest absolute Gasteiger partial charge is 0.325 e. The van der Waals surface area contributed by atoms with E-state index in [9.17, 15) is 14.4 Å². The molecule has 2 N–H and O–H groups in total. The number of thiazole rings is 1. The lowest BCUT2D eigenvalue weighted by molar-refractivity contribution is -0.136. The molecule has 4 rings (SSSR count). The first-order chi connectivity index (χ1) is 13.6. The van der Waals surface area contributed by atoms with E-state index in [1.54, 1.807) is 17.5 Å². The van der Waals surface area contributed by atoms with Crippen molar-refractivity contribution in [3.05, 3.63) is 39.0 Å². The summed E-state index contributed by atoms with van der Waals surface area (Å²) in [6, 6.07) is 1.26. The first-order valence-electron chi connectivity index (χ1n) is 9.41. The number of amides is 4. The van der Waals surface area contributed by atoms with Gasteiger partial charge in [-0.1, -0.05) is 19.3 Å². The first kappa shape index (κ1) is 19.1. The summed E-state index contributed by atoms with van der Waals surface area (Å²) in [6.45, 7) is -0.266. The van der Waals surface area contributed by atoms with Gasteiger partial charge in [0.15, 0.2) is 0 Å². The lowest BCUT2D eigenvalue weighted by Crippen LogP contribution is -2.49. The van der Waals surface area contributed by atoms with Gasteiger partial charge in [-0.15, -0.1) is 11.3 Å². The van der Waals surface area contributed by atoms with Crippen molar-refractivity contribution in [3.63, 3.8) is 0 Å². The highest BCUT2D eigenvalue weighted by Gasteiger charge is 2.51. The molecule has 7 nitrogen and oxygen atoms in total. The van der Waals surface area contributed by atoms with Gasteiger partial charge in [0.1, 0.15) is 17.1 Å². The molecule has 1 saturated carbocycles. The minimum atomic E-state index is -0.805. The Labute approximate surface area is 171 Å².